The standard InChI is InChI=1S/C27H30O2P.ClH/c1-22(26-28-21-27(2,3)29-26)19-20-30(23-13-7-4-8-14-23,24-15-9-5-10-16-24)25-17-11-6-12-18-25;/h4-19,26H,20-21H2,1-3H3;1H/q+1;/p-1. The highest BCUT2D eigenvalue weighted by Gasteiger charge is 2.44. The number of hydrogen-bond donors (Lipinski definition) is 0. The van der Waals surface area contributed by atoms with Gasteiger partial charge in [-0.05, 0) is 68.8 Å². The molecule has 31 heavy (non-hydrogen) atoms. The molecule has 1 unspecified atom stereocenters. The topological polar surface area (TPSA) is 18.5 Å². The molecule has 0 saturated carbocycles. The fraction of sp³-hybridized carbons (Fsp3) is 0.259. The maximum Gasteiger partial charge on any atom is 0.180 e. The van der Waals surface area contributed by atoms with E-state index < -0.39 is 7.26 Å². The van der Waals surface area contributed by atoms with Crippen LogP contribution in [0, 0.1) is 0 Å². The van der Waals surface area contributed by atoms with Gasteiger partial charge in [-0.15, -0.1) is 0 Å². The Morgan fingerprint density at radius 3 is 1.61 bits per heavy atom. The highest BCUT2D eigenvalue weighted by molar-refractivity contribution is 7.95. The summed E-state index contributed by atoms with van der Waals surface area (Å²) in [6, 6.07) is 32.9. The molecule has 0 amide bonds. The van der Waals surface area contributed by atoms with E-state index in [1.54, 1.807) is 0 Å². The average molecular weight is 453 g/mol. The van der Waals surface area contributed by atoms with Crippen LogP contribution in [-0.4, -0.2) is 24.7 Å². The lowest BCUT2D eigenvalue weighted by Crippen LogP contribution is -3.00. The van der Waals surface area contributed by atoms with Crippen LogP contribution in [0.2, 0.25) is 0 Å². The number of benzene rings is 3. The number of hydrogen-bond acceptors (Lipinski definition) is 2. The largest absolute Gasteiger partial charge is 1.00 e. The molecule has 3 aromatic rings. The molecule has 0 spiro atoms. The first-order chi connectivity index (χ1) is 14.5. The first-order valence-electron chi connectivity index (χ1n) is 10.5. The van der Waals surface area contributed by atoms with E-state index in [0.29, 0.717) is 6.61 Å². The molecule has 162 valence electrons. The summed E-state index contributed by atoms with van der Waals surface area (Å²) < 4.78 is 12.0. The first-order valence-corrected chi connectivity index (χ1v) is 12.5. The molecule has 1 atom stereocenters. The molecule has 3 aromatic carbocycles. The van der Waals surface area contributed by atoms with E-state index in [-0.39, 0.29) is 24.3 Å². The van der Waals surface area contributed by atoms with E-state index in [1.165, 1.54) is 15.9 Å². The van der Waals surface area contributed by atoms with Crippen molar-refractivity contribution in [2.75, 3.05) is 12.8 Å². The molecule has 1 fully saturated rings. The van der Waals surface area contributed by atoms with Crippen molar-refractivity contribution in [1.29, 1.82) is 0 Å². The Labute approximate surface area is 193 Å². The van der Waals surface area contributed by atoms with E-state index in [1.807, 2.05) is 0 Å². The molecular formula is C27H30ClO2P. The summed E-state index contributed by atoms with van der Waals surface area (Å²) in [7, 11) is -1.87. The molecule has 0 aromatic heterocycles. The van der Waals surface area contributed by atoms with Crippen LogP contribution in [-0.2, 0) is 9.47 Å². The second-order valence-electron chi connectivity index (χ2n) is 8.47. The van der Waals surface area contributed by atoms with Crippen LogP contribution in [0.4, 0.5) is 0 Å². The van der Waals surface area contributed by atoms with Crippen LogP contribution in [0.5, 0.6) is 0 Å². The molecule has 0 bridgehead atoms. The maximum absolute atomic E-state index is 6.11. The first kappa shape index (κ1) is 23.7. The summed E-state index contributed by atoms with van der Waals surface area (Å²) in [6.45, 7) is 6.91. The van der Waals surface area contributed by atoms with Gasteiger partial charge in [-0.2, -0.15) is 0 Å². The Bertz CT molecular complexity index is 891. The Kier molecular flexibility index (Phi) is 7.73. The van der Waals surface area contributed by atoms with Gasteiger partial charge in [0, 0.05) is 0 Å². The van der Waals surface area contributed by atoms with E-state index in [4.69, 9.17) is 9.47 Å². The summed E-state index contributed by atoms with van der Waals surface area (Å²) in [4.78, 5) is 0. The molecule has 0 radical (unpaired) electrons. The Balaban J connectivity index is 0.00000272. The van der Waals surface area contributed by atoms with Gasteiger partial charge < -0.3 is 21.9 Å². The van der Waals surface area contributed by atoms with Crippen LogP contribution in [0.25, 0.3) is 0 Å². The number of allylic oxidation sites excluding steroid dienone is 1. The highest BCUT2D eigenvalue weighted by atomic mass is 35.5. The van der Waals surface area contributed by atoms with Crippen LogP contribution in [0.1, 0.15) is 20.8 Å². The van der Waals surface area contributed by atoms with Crippen molar-refractivity contribution in [2.45, 2.75) is 32.7 Å². The van der Waals surface area contributed by atoms with Crippen molar-refractivity contribution < 1.29 is 21.9 Å². The quantitative estimate of drug-likeness (QED) is 0.421. The van der Waals surface area contributed by atoms with Crippen molar-refractivity contribution in [1.82, 2.24) is 0 Å². The minimum absolute atomic E-state index is 0. The van der Waals surface area contributed by atoms with E-state index in [9.17, 15) is 0 Å². The van der Waals surface area contributed by atoms with Crippen LogP contribution in [0.15, 0.2) is 103 Å². The minimum atomic E-state index is -1.87. The predicted molar refractivity (Wildman–Crippen MR) is 129 cm³/mol. The summed E-state index contributed by atoms with van der Waals surface area (Å²) >= 11 is 0. The Morgan fingerprint density at radius 1 is 0.839 bits per heavy atom. The average Bonchev–Trinajstić information content (AvgIpc) is 3.16. The number of rotatable bonds is 6. The van der Waals surface area contributed by atoms with Gasteiger partial charge >= 0.3 is 0 Å². The summed E-state index contributed by atoms with van der Waals surface area (Å²) in [5.74, 6) is 0. The minimum Gasteiger partial charge on any atom is -1.00 e. The molecule has 4 heteroatoms. The summed E-state index contributed by atoms with van der Waals surface area (Å²) in [5, 5.41) is 4.17. The highest BCUT2D eigenvalue weighted by Crippen LogP contribution is 2.55. The normalized spacial score (nSPS) is 18.4. The van der Waals surface area contributed by atoms with E-state index >= 15 is 0 Å². The smallest absolute Gasteiger partial charge is 0.180 e. The van der Waals surface area contributed by atoms with Gasteiger partial charge in [0.25, 0.3) is 0 Å². The van der Waals surface area contributed by atoms with Crippen molar-refractivity contribution in [3.63, 3.8) is 0 Å². The maximum atomic E-state index is 6.11. The number of ether oxygens (including phenoxy) is 2. The Morgan fingerprint density at radius 2 is 1.26 bits per heavy atom. The molecule has 1 aliphatic heterocycles. The van der Waals surface area contributed by atoms with E-state index in [0.717, 1.165) is 11.7 Å². The zero-order chi connectivity index (χ0) is 21.0. The van der Waals surface area contributed by atoms with Gasteiger partial charge in [-0.25, -0.2) is 0 Å². The molecule has 2 nitrogen and oxygen atoms in total. The van der Waals surface area contributed by atoms with Crippen molar-refractivity contribution in [2.24, 2.45) is 0 Å². The van der Waals surface area contributed by atoms with Crippen LogP contribution < -0.4 is 28.3 Å². The zero-order valence-electron chi connectivity index (χ0n) is 18.4. The third kappa shape index (κ3) is 5.10. The monoisotopic (exact) mass is 452 g/mol. The zero-order valence-corrected chi connectivity index (χ0v) is 20.0. The van der Waals surface area contributed by atoms with Crippen molar-refractivity contribution in [3.05, 3.63) is 103 Å². The van der Waals surface area contributed by atoms with Gasteiger partial charge in [0.15, 0.2) is 6.29 Å². The molecule has 4 rings (SSSR count). The number of halogens is 1. The third-order valence-corrected chi connectivity index (χ3v) is 9.93. The van der Waals surface area contributed by atoms with Gasteiger partial charge in [-0.3, -0.25) is 0 Å². The SMILES string of the molecule is CC(=CC[P+](c1ccccc1)(c1ccccc1)c1ccccc1)C1OCC(C)(C)O1.[Cl-]. The predicted octanol–water partition coefficient (Wildman–Crippen LogP) is 2.08. The lowest BCUT2D eigenvalue weighted by Gasteiger charge is -2.27. The van der Waals surface area contributed by atoms with Gasteiger partial charge in [0.2, 0.25) is 0 Å². The molecule has 0 aliphatic carbocycles. The lowest BCUT2D eigenvalue weighted by atomic mass is 10.2. The fourth-order valence-electron chi connectivity index (χ4n) is 4.05. The summed E-state index contributed by atoms with van der Waals surface area (Å²) in [5.41, 5.74) is 0.914. The molecule has 1 aliphatic rings. The molecule has 0 N–H and O–H groups in total. The fourth-order valence-corrected chi connectivity index (χ4v) is 8.18. The van der Waals surface area contributed by atoms with Gasteiger partial charge in [-0.1, -0.05) is 54.6 Å². The second kappa shape index (κ2) is 10.1. The lowest BCUT2D eigenvalue weighted by molar-refractivity contribution is -0.0522. The third-order valence-electron chi connectivity index (χ3n) is 5.66. The van der Waals surface area contributed by atoms with Crippen LogP contribution in [0.3, 0.4) is 0 Å². The van der Waals surface area contributed by atoms with E-state index in [2.05, 4.69) is 118 Å². The van der Waals surface area contributed by atoms with Crippen molar-refractivity contribution in [3.8, 4) is 0 Å². The van der Waals surface area contributed by atoms with Crippen LogP contribution >= 0.6 is 7.26 Å². The van der Waals surface area contributed by atoms with Gasteiger partial charge in [0.1, 0.15) is 23.2 Å². The Hall–Kier alpha value is -1.96. The molecular weight excluding hydrogens is 423 g/mol. The summed E-state index contributed by atoms with van der Waals surface area (Å²) in [6.07, 6.45) is 3.01. The molecule has 1 heterocycles. The van der Waals surface area contributed by atoms with Gasteiger partial charge in [0.05, 0.1) is 18.4 Å². The van der Waals surface area contributed by atoms with Crippen molar-refractivity contribution >= 4 is 23.2 Å². The second-order valence-corrected chi connectivity index (χ2v) is 12.0. The molecule has 1 saturated heterocycles.